The highest BCUT2D eigenvalue weighted by Crippen LogP contribution is 2.29. The van der Waals surface area contributed by atoms with Gasteiger partial charge in [0.2, 0.25) is 0 Å². The second-order valence-corrected chi connectivity index (χ2v) is 6.62. The number of nitrogens with one attached hydrogen (secondary N) is 1. The molecule has 124 valence electrons. The maximum atomic E-state index is 12.6. The Kier molecular flexibility index (Phi) is 5.20. The molecule has 23 heavy (non-hydrogen) atoms. The molecule has 0 aromatic carbocycles. The number of thiazole rings is 1. The minimum absolute atomic E-state index is 0.111. The van der Waals surface area contributed by atoms with Crippen molar-refractivity contribution in [3.8, 4) is 10.8 Å². The zero-order chi connectivity index (χ0) is 17.0. The van der Waals surface area contributed by atoms with Crippen LogP contribution in [0.1, 0.15) is 48.5 Å². The van der Waals surface area contributed by atoms with Crippen LogP contribution in [0.4, 0.5) is 0 Å². The van der Waals surface area contributed by atoms with Gasteiger partial charge in [-0.2, -0.15) is 0 Å². The number of aromatic nitrogens is 1. The smallest absolute Gasteiger partial charge is 0.305 e. The third-order valence-electron chi connectivity index (χ3n) is 3.97. The van der Waals surface area contributed by atoms with Gasteiger partial charge in [0.25, 0.3) is 5.91 Å². The van der Waals surface area contributed by atoms with Crippen LogP contribution in [0.15, 0.2) is 22.8 Å². The first kappa shape index (κ1) is 17.2. The summed E-state index contributed by atoms with van der Waals surface area (Å²) in [7, 11) is 0. The molecule has 0 aliphatic carbocycles. The molecule has 2 heterocycles. The number of carboxylic acids is 1. The maximum Gasteiger partial charge on any atom is 0.305 e. The fourth-order valence-electron chi connectivity index (χ4n) is 2.42. The molecule has 0 unspecified atom stereocenters. The van der Waals surface area contributed by atoms with Gasteiger partial charge in [-0.3, -0.25) is 9.59 Å². The summed E-state index contributed by atoms with van der Waals surface area (Å²) in [4.78, 5) is 28.8. The molecule has 0 saturated carbocycles. The molecule has 2 rings (SSSR count). The lowest BCUT2D eigenvalue weighted by Crippen LogP contribution is -2.49. The molecule has 6 nitrogen and oxygen atoms in total. The number of rotatable bonds is 7. The van der Waals surface area contributed by atoms with Crippen LogP contribution in [-0.4, -0.2) is 27.5 Å². The summed E-state index contributed by atoms with van der Waals surface area (Å²) >= 11 is 1.37. The predicted molar refractivity (Wildman–Crippen MR) is 87.6 cm³/mol. The Morgan fingerprint density at radius 1 is 1.39 bits per heavy atom. The van der Waals surface area contributed by atoms with Gasteiger partial charge in [0.1, 0.15) is 5.69 Å². The van der Waals surface area contributed by atoms with Crippen molar-refractivity contribution in [3.63, 3.8) is 0 Å². The first-order valence-corrected chi connectivity index (χ1v) is 8.28. The SMILES string of the molecule is CCC(CC)(CC(=O)O)NC(=O)c1nc(-c2ccco2)sc1C. The van der Waals surface area contributed by atoms with Crippen molar-refractivity contribution < 1.29 is 19.1 Å². The number of carboxylic acid groups (broad SMARTS) is 1. The highest BCUT2D eigenvalue weighted by molar-refractivity contribution is 7.15. The number of furan rings is 1. The van der Waals surface area contributed by atoms with Crippen LogP contribution in [0.3, 0.4) is 0 Å². The third-order valence-corrected chi connectivity index (χ3v) is 4.95. The topological polar surface area (TPSA) is 92.4 Å². The highest BCUT2D eigenvalue weighted by Gasteiger charge is 2.32. The molecule has 0 saturated heterocycles. The predicted octanol–water partition coefficient (Wildman–Crippen LogP) is 3.47. The van der Waals surface area contributed by atoms with E-state index in [1.54, 1.807) is 18.4 Å². The van der Waals surface area contributed by atoms with E-state index in [2.05, 4.69) is 10.3 Å². The summed E-state index contributed by atoms with van der Waals surface area (Å²) in [6, 6.07) is 3.55. The fourth-order valence-corrected chi connectivity index (χ4v) is 3.30. The highest BCUT2D eigenvalue weighted by atomic mass is 32.1. The summed E-state index contributed by atoms with van der Waals surface area (Å²) < 4.78 is 5.30. The van der Waals surface area contributed by atoms with E-state index in [9.17, 15) is 9.59 Å². The first-order valence-electron chi connectivity index (χ1n) is 7.46. The molecular formula is C16H20N2O4S. The molecular weight excluding hydrogens is 316 g/mol. The summed E-state index contributed by atoms with van der Waals surface area (Å²) in [5, 5.41) is 12.6. The molecule has 0 atom stereocenters. The van der Waals surface area contributed by atoms with Crippen molar-refractivity contribution in [2.75, 3.05) is 0 Å². The van der Waals surface area contributed by atoms with Gasteiger partial charge < -0.3 is 14.8 Å². The van der Waals surface area contributed by atoms with E-state index < -0.39 is 11.5 Å². The summed E-state index contributed by atoms with van der Waals surface area (Å²) in [5.41, 5.74) is -0.442. The van der Waals surface area contributed by atoms with Crippen LogP contribution in [0.5, 0.6) is 0 Å². The number of carbonyl (C=O) groups excluding carboxylic acids is 1. The van der Waals surface area contributed by atoms with E-state index in [-0.39, 0.29) is 12.3 Å². The molecule has 0 fully saturated rings. The third kappa shape index (κ3) is 3.79. The van der Waals surface area contributed by atoms with E-state index in [1.807, 2.05) is 20.8 Å². The Balaban J connectivity index is 2.24. The molecule has 1 amide bonds. The second kappa shape index (κ2) is 6.95. The van der Waals surface area contributed by atoms with Crippen LogP contribution < -0.4 is 5.32 Å². The number of aryl methyl sites for hydroxylation is 1. The molecule has 0 aliphatic heterocycles. The Labute approximate surface area is 138 Å². The van der Waals surface area contributed by atoms with Crippen LogP contribution >= 0.6 is 11.3 Å². The molecule has 2 aromatic rings. The molecule has 0 radical (unpaired) electrons. The van der Waals surface area contributed by atoms with Crippen molar-refractivity contribution in [3.05, 3.63) is 29.0 Å². The summed E-state index contributed by atoms with van der Waals surface area (Å²) in [5.74, 6) is -0.665. The van der Waals surface area contributed by atoms with E-state index in [0.717, 1.165) is 4.88 Å². The molecule has 2 aromatic heterocycles. The van der Waals surface area contributed by atoms with Crippen molar-refractivity contribution >= 4 is 23.2 Å². The molecule has 0 spiro atoms. The molecule has 2 N–H and O–H groups in total. The Hall–Kier alpha value is -2.15. The molecule has 0 bridgehead atoms. The maximum absolute atomic E-state index is 12.6. The lowest BCUT2D eigenvalue weighted by atomic mass is 9.89. The molecule has 0 aliphatic rings. The number of amides is 1. The van der Waals surface area contributed by atoms with E-state index in [4.69, 9.17) is 9.52 Å². The monoisotopic (exact) mass is 336 g/mol. The van der Waals surface area contributed by atoms with Gasteiger partial charge in [-0.1, -0.05) is 13.8 Å². The van der Waals surface area contributed by atoms with E-state index >= 15 is 0 Å². The quantitative estimate of drug-likeness (QED) is 0.807. The number of hydrogen-bond donors (Lipinski definition) is 2. The average Bonchev–Trinajstić information content (AvgIpc) is 3.14. The van der Waals surface area contributed by atoms with Gasteiger partial charge in [0, 0.05) is 4.88 Å². The van der Waals surface area contributed by atoms with Gasteiger partial charge in [0.15, 0.2) is 10.8 Å². The Bertz CT molecular complexity index is 687. The molecule has 7 heteroatoms. The zero-order valence-electron chi connectivity index (χ0n) is 13.4. The van der Waals surface area contributed by atoms with Crippen molar-refractivity contribution in [2.45, 2.75) is 45.6 Å². The number of hydrogen-bond acceptors (Lipinski definition) is 5. The number of aliphatic carboxylic acids is 1. The second-order valence-electron chi connectivity index (χ2n) is 5.41. The number of nitrogens with zero attached hydrogens (tertiary/aromatic N) is 1. The number of carbonyl (C=O) groups is 2. The van der Waals surface area contributed by atoms with Gasteiger partial charge in [-0.15, -0.1) is 11.3 Å². The van der Waals surface area contributed by atoms with Crippen molar-refractivity contribution in [1.29, 1.82) is 0 Å². The first-order chi connectivity index (χ1) is 10.9. The average molecular weight is 336 g/mol. The van der Waals surface area contributed by atoms with Crippen LogP contribution in [-0.2, 0) is 4.79 Å². The largest absolute Gasteiger partial charge is 0.481 e. The Morgan fingerprint density at radius 3 is 2.61 bits per heavy atom. The minimum Gasteiger partial charge on any atom is -0.481 e. The van der Waals surface area contributed by atoms with Gasteiger partial charge >= 0.3 is 5.97 Å². The van der Waals surface area contributed by atoms with E-state index in [0.29, 0.717) is 29.3 Å². The summed E-state index contributed by atoms with van der Waals surface area (Å²) in [6.07, 6.45) is 2.52. The van der Waals surface area contributed by atoms with Crippen molar-refractivity contribution in [2.24, 2.45) is 0 Å². The van der Waals surface area contributed by atoms with Crippen LogP contribution in [0, 0.1) is 6.92 Å². The lowest BCUT2D eigenvalue weighted by Gasteiger charge is -2.31. The lowest BCUT2D eigenvalue weighted by molar-refractivity contribution is -0.138. The van der Waals surface area contributed by atoms with Gasteiger partial charge in [-0.25, -0.2) is 4.98 Å². The van der Waals surface area contributed by atoms with Crippen LogP contribution in [0.2, 0.25) is 0 Å². The van der Waals surface area contributed by atoms with E-state index in [1.165, 1.54) is 11.3 Å². The normalized spacial score (nSPS) is 11.4. The minimum atomic E-state index is -0.930. The zero-order valence-corrected chi connectivity index (χ0v) is 14.2. The summed E-state index contributed by atoms with van der Waals surface area (Å²) in [6.45, 7) is 5.56. The standard InChI is InChI=1S/C16H20N2O4S/c1-4-16(5-2,9-12(19)20)18-14(21)13-10(3)23-15(17-13)11-7-6-8-22-11/h6-8H,4-5,9H2,1-3H3,(H,18,21)(H,19,20). The van der Waals surface area contributed by atoms with Crippen LogP contribution in [0.25, 0.3) is 10.8 Å². The van der Waals surface area contributed by atoms with Gasteiger partial charge in [0.05, 0.1) is 18.2 Å². The van der Waals surface area contributed by atoms with Crippen molar-refractivity contribution in [1.82, 2.24) is 10.3 Å². The van der Waals surface area contributed by atoms with Gasteiger partial charge in [-0.05, 0) is 31.9 Å². The Morgan fingerprint density at radius 2 is 2.09 bits per heavy atom. The fraction of sp³-hybridized carbons (Fsp3) is 0.438.